The van der Waals surface area contributed by atoms with E-state index < -0.39 is 0 Å². The average molecular weight is 337 g/mol. The van der Waals surface area contributed by atoms with Crippen LogP contribution in [0.5, 0.6) is 0 Å². The van der Waals surface area contributed by atoms with Crippen LogP contribution < -0.4 is 0 Å². The Labute approximate surface area is 145 Å². The molecule has 0 N–H and O–H groups in total. The van der Waals surface area contributed by atoms with E-state index in [1.165, 1.54) is 11.3 Å². The molecule has 0 bridgehead atoms. The van der Waals surface area contributed by atoms with Gasteiger partial charge in [0, 0.05) is 37.0 Å². The molecule has 0 amide bonds. The van der Waals surface area contributed by atoms with Crippen molar-refractivity contribution in [1.82, 2.24) is 14.9 Å². The van der Waals surface area contributed by atoms with Crippen molar-refractivity contribution in [3.8, 4) is 21.8 Å². The van der Waals surface area contributed by atoms with Gasteiger partial charge in [0.2, 0.25) is 0 Å². The largest absolute Gasteiger partial charge is 0.305 e. The molecule has 2 heterocycles. The molecule has 0 aliphatic rings. The van der Waals surface area contributed by atoms with Crippen LogP contribution in [-0.2, 0) is 6.54 Å². The number of ketones is 1. The minimum absolute atomic E-state index is 0.0439. The number of Topliss-reactive ketones (excluding diaryl/α,β-unsaturated/α-hetero) is 1. The molecule has 3 aromatic rings. The number of rotatable bonds is 5. The molecule has 0 atom stereocenters. The minimum atomic E-state index is 0.0439. The Balaban J connectivity index is 2.15. The fourth-order valence-electron chi connectivity index (χ4n) is 2.59. The molecule has 0 saturated heterocycles. The minimum Gasteiger partial charge on any atom is -0.305 e. The van der Waals surface area contributed by atoms with Gasteiger partial charge < -0.3 is 4.90 Å². The lowest BCUT2D eigenvalue weighted by atomic mass is 10.0. The molecule has 0 spiro atoms. The van der Waals surface area contributed by atoms with E-state index in [9.17, 15) is 4.79 Å². The van der Waals surface area contributed by atoms with Crippen LogP contribution in [0.1, 0.15) is 22.2 Å². The third-order valence-electron chi connectivity index (χ3n) is 3.63. The smallest absolute Gasteiger partial charge is 0.172 e. The second kappa shape index (κ2) is 7.03. The zero-order valence-electron chi connectivity index (χ0n) is 14.0. The fraction of sp³-hybridized carbons (Fsp3) is 0.211. The summed E-state index contributed by atoms with van der Waals surface area (Å²) in [5.41, 5.74) is 3.94. The van der Waals surface area contributed by atoms with Gasteiger partial charge >= 0.3 is 0 Å². The number of hydrogen-bond acceptors (Lipinski definition) is 5. The Morgan fingerprint density at radius 2 is 1.83 bits per heavy atom. The molecule has 0 saturated carbocycles. The van der Waals surface area contributed by atoms with Gasteiger partial charge in [-0.1, -0.05) is 24.3 Å². The van der Waals surface area contributed by atoms with Crippen LogP contribution in [0.15, 0.2) is 48.8 Å². The lowest BCUT2D eigenvalue weighted by Crippen LogP contribution is -2.11. The first-order valence-electron chi connectivity index (χ1n) is 7.71. The summed E-state index contributed by atoms with van der Waals surface area (Å²) in [7, 11) is 4.07. The molecule has 24 heavy (non-hydrogen) atoms. The third-order valence-corrected chi connectivity index (χ3v) is 4.84. The maximum Gasteiger partial charge on any atom is 0.172 e. The van der Waals surface area contributed by atoms with Gasteiger partial charge in [-0.05, 0) is 31.8 Å². The predicted octanol–water partition coefficient (Wildman–Crippen LogP) is 4.14. The number of nitrogens with zero attached hydrogens (tertiary/aromatic N) is 3. The van der Waals surface area contributed by atoms with Crippen molar-refractivity contribution >= 4 is 17.1 Å². The van der Waals surface area contributed by atoms with Gasteiger partial charge in [-0.25, -0.2) is 4.98 Å². The van der Waals surface area contributed by atoms with Gasteiger partial charge in [-0.2, -0.15) is 0 Å². The Morgan fingerprint density at radius 1 is 1.12 bits per heavy atom. The van der Waals surface area contributed by atoms with Crippen molar-refractivity contribution in [2.24, 2.45) is 0 Å². The summed E-state index contributed by atoms with van der Waals surface area (Å²) in [4.78, 5) is 23.8. The molecular formula is C19H19N3OS. The van der Waals surface area contributed by atoms with E-state index >= 15 is 0 Å². The van der Waals surface area contributed by atoms with Gasteiger partial charge in [0.05, 0.1) is 10.6 Å². The number of hydrogen-bond donors (Lipinski definition) is 0. The third kappa shape index (κ3) is 3.42. The van der Waals surface area contributed by atoms with Crippen molar-refractivity contribution < 1.29 is 4.79 Å². The predicted molar refractivity (Wildman–Crippen MR) is 98.2 cm³/mol. The molecule has 3 rings (SSSR count). The lowest BCUT2D eigenvalue weighted by molar-refractivity contribution is 0.102. The summed E-state index contributed by atoms with van der Waals surface area (Å²) in [5.74, 6) is 0.0439. The van der Waals surface area contributed by atoms with Crippen molar-refractivity contribution in [2.75, 3.05) is 14.1 Å². The summed E-state index contributed by atoms with van der Waals surface area (Å²) >= 11 is 1.44. The van der Waals surface area contributed by atoms with E-state index in [-0.39, 0.29) is 5.78 Å². The molecule has 0 radical (unpaired) electrons. The van der Waals surface area contributed by atoms with Gasteiger partial charge in [0.1, 0.15) is 5.01 Å². The maximum absolute atomic E-state index is 12.2. The van der Waals surface area contributed by atoms with Crippen LogP contribution >= 0.6 is 11.3 Å². The van der Waals surface area contributed by atoms with Crippen molar-refractivity contribution in [2.45, 2.75) is 13.5 Å². The van der Waals surface area contributed by atoms with E-state index in [0.29, 0.717) is 4.88 Å². The second-order valence-corrected chi connectivity index (χ2v) is 6.88. The Morgan fingerprint density at radius 3 is 2.50 bits per heavy atom. The number of thiazole rings is 1. The van der Waals surface area contributed by atoms with E-state index in [2.05, 4.69) is 16.0 Å². The number of carbonyl (C=O) groups excluding carboxylic acids is 1. The normalized spacial score (nSPS) is 11.0. The number of benzene rings is 1. The molecule has 122 valence electrons. The van der Waals surface area contributed by atoms with E-state index in [4.69, 9.17) is 4.98 Å². The van der Waals surface area contributed by atoms with Crippen LogP contribution in [0.2, 0.25) is 0 Å². The molecule has 0 aliphatic heterocycles. The standard InChI is InChI=1S/C19H19N3OS/c1-13(23)18-17(16-7-5-4-6-15(16)12-22(2)3)21-19(24-18)14-8-10-20-11-9-14/h4-11H,12H2,1-3H3. The summed E-state index contributed by atoms with van der Waals surface area (Å²) in [6.07, 6.45) is 3.48. The highest BCUT2D eigenvalue weighted by molar-refractivity contribution is 7.17. The Bertz CT molecular complexity index is 856. The topological polar surface area (TPSA) is 46.1 Å². The number of carbonyl (C=O) groups is 1. The van der Waals surface area contributed by atoms with Crippen LogP contribution in [0.25, 0.3) is 21.8 Å². The van der Waals surface area contributed by atoms with E-state index in [0.717, 1.165) is 33.9 Å². The highest BCUT2D eigenvalue weighted by atomic mass is 32.1. The number of pyridine rings is 1. The van der Waals surface area contributed by atoms with Gasteiger partial charge in [0.15, 0.2) is 5.78 Å². The van der Waals surface area contributed by atoms with E-state index in [1.807, 2.05) is 44.4 Å². The second-order valence-electron chi connectivity index (χ2n) is 5.88. The summed E-state index contributed by atoms with van der Waals surface area (Å²) in [6.45, 7) is 2.40. The first-order chi connectivity index (χ1) is 11.6. The van der Waals surface area contributed by atoms with Crippen molar-refractivity contribution in [1.29, 1.82) is 0 Å². The monoisotopic (exact) mass is 337 g/mol. The lowest BCUT2D eigenvalue weighted by Gasteiger charge is -2.13. The maximum atomic E-state index is 12.2. The molecule has 4 nitrogen and oxygen atoms in total. The van der Waals surface area contributed by atoms with Crippen LogP contribution in [-0.4, -0.2) is 34.7 Å². The molecule has 0 fully saturated rings. The molecule has 0 aliphatic carbocycles. The summed E-state index contributed by atoms with van der Waals surface area (Å²) in [6, 6.07) is 12.0. The summed E-state index contributed by atoms with van der Waals surface area (Å²) in [5, 5.41) is 0.845. The zero-order chi connectivity index (χ0) is 17.1. The van der Waals surface area contributed by atoms with Crippen LogP contribution in [0.4, 0.5) is 0 Å². The van der Waals surface area contributed by atoms with Crippen molar-refractivity contribution in [3.05, 3.63) is 59.2 Å². The number of aromatic nitrogens is 2. The molecule has 5 heteroatoms. The van der Waals surface area contributed by atoms with Gasteiger partial charge in [-0.3, -0.25) is 9.78 Å². The van der Waals surface area contributed by atoms with Gasteiger partial charge in [0.25, 0.3) is 0 Å². The molecule has 0 unspecified atom stereocenters. The molecular weight excluding hydrogens is 318 g/mol. The van der Waals surface area contributed by atoms with Crippen molar-refractivity contribution in [3.63, 3.8) is 0 Å². The first kappa shape index (κ1) is 16.5. The highest BCUT2D eigenvalue weighted by Crippen LogP contribution is 2.35. The average Bonchev–Trinajstić information content (AvgIpc) is 3.01. The van der Waals surface area contributed by atoms with E-state index in [1.54, 1.807) is 19.3 Å². The van der Waals surface area contributed by atoms with Crippen LogP contribution in [0, 0.1) is 0 Å². The highest BCUT2D eigenvalue weighted by Gasteiger charge is 2.19. The fourth-order valence-corrected chi connectivity index (χ4v) is 3.57. The Hall–Kier alpha value is -2.37. The molecule has 2 aromatic heterocycles. The zero-order valence-corrected chi connectivity index (χ0v) is 14.8. The Kier molecular flexibility index (Phi) is 4.83. The summed E-state index contributed by atoms with van der Waals surface area (Å²) < 4.78 is 0. The molecule has 1 aromatic carbocycles. The quantitative estimate of drug-likeness (QED) is 0.657. The SMILES string of the molecule is CC(=O)c1sc(-c2ccncc2)nc1-c1ccccc1CN(C)C. The van der Waals surface area contributed by atoms with Gasteiger partial charge in [-0.15, -0.1) is 11.3 Å². The first-order valence-corrected chi connectivity index (χ1v) is 8.53. The van der Waals surface area contributed by atoms with Crippen LogP contribution in [0.3, 0.4) is 0 Å².